The summed E-state index contributed by atoms with van der Waals surface area (Å²) in [7, 11) is 1.67. The van der Waals surface area contributed by atoms with Crippen molar-refractivity contribution in [1.82, 2.24) is 25.4 Å². The van der Waals surface area contributed by atoms with E-state index in [0.717, 1.165) is 60.7 Å². The van der Waals surface area contributed by atoms with E-state index < -0.39 is 0 Å². The molecule has 30 heavy (non-hydrogen) atoms. The molecule has 9 heteroatoms. The van der Waals surface area contributed by atoms with E-state index in [1.165, 1.54) is 0 Å². The number of aliphatic imine (C=N–C) groups is 1. The van der Waals surface area contributed by atoms with Crippen molar-refractivity contribution in [3.8, 4) is 5.75 Å². The van der Waals surface area contributed by atoms with Crippen LogP contribution in [0.3, 0.4) is 0 Å². The number of nitrogens with zero attached hydrogens (tertiary/aromatic N) is 4. The summed E-state index contributed by atoms with van der Waals surface area (Å²) >= 11 is 1.65. The van der Waals surface area contributed by atoms with Crippen molar-refractivity contribution in [3.05, 3.63) is 35.7 Å². The fraction of sp³-hybridized carbons (Fsp3) is 0.571. The van der Waals surface area contributed by atoms with Crippen molar-refractivity contribution in [3.63, 3.8) is 0 Å². The van der Waals surface area contributed by atoms with Crippen LogP contribution in [0.5, 0.6) is 5.75 Å². The first-order valence-electron chi connectivity index (χ1n) is 10.2. The Labute approximate surface area is 201 Å². The molecule has 2 N–H and O–H groups in total. The van der Waals surface area contributed by atoms with Crippen LogP contribution in [0.25, 0.3) is 0 Å². The van der Waals surface area contributed by atoms with E-state index in [0.29, 0.717) is 12.5 Å². The summed E-state index contributed by atoms with van der Waals surface area (Å²) in [5.41, 5.74) is 1.15. The maximum absolute atomic E-state index is 5.20. The number of hydrogen-bond acceptors (Lipinski definition) is 5. The van der Waals surface area contributed by atoms with Crippen LogP contribution in [-0.2, 0) is 19.5 Å². The molecule has 2 aromatic rings. The third-order valence-corrected chi connectivity index (χ3v) is 4.98. The molecule has 1 aromatic carbocycles. The summed E-state index contributed by atoms with van der Waals surface area (Å²) in [6.07, 6.45) is 3.91. The van der Waals surface area contributed by atoms with Crippen molar-refractivity contribution in [2.24, 2.45) is 10.9 Å². The molecule has 168 valence electrons. The molecule has 0 fully saturated rings. The molecule has 0 bridgehead atoms. The molecule has 0 aliphatic carbocycles. The number of aromatic nitrogens is 3. The second-order valence-electron chi connectivity index (χ2n) is 7.18. The van der Waals surface area contributed by atoms with E-state index >= 15 is 0 Å². The minimum absolute atomic E-state index is 0. The van der Waals surface area contributed by atoms with Crippen molar-refractivity contribution in [1.29, 1.82) is 0 Å². The SMILES string of the molecule is CCNC(=NCc1ccc(OC)cc1)NCCCc1nnc(SC)n1CC(C)C.I. The Morgan fingerprint density at radius 2 is 1.93 bits per heavy atom. The van der Waals surface area contributed by atoms with E-state index in [1.807, 2.05) is 30.5 Å². The van der Waals surface area contributed by atoms with Crippen LogP contribution in [0.1, 0.15) is 38.6 Å². The summed E-state index contributed by atoms with van der Waals surface area (Å²) in [6, 6.07) is 8.00. The van der Waals surface area contributed by atoms with Crippen LogP contribution in [0.2, 0.25) is 0 Å². The lowest BCUT2D eigenvalue weighted by atomic mass is 10.2. The number of ether oxygens (including phenoxy) is 1. The van der Waals surface area contributed by atoms with Crippen LogP contribution < -0.4 is 15.4 Å². The Bertz CT molecular complexity index is 763. The monoisotopic (exact) mass is 546 g/mol. The minimum Gasteiger partial charge on any atom is -0.497 e. The normalized spacial score (nSPS) is 11.3. The van der Waals surface area contributed by atoms with Crippen LogP contribution in [-0.4, -0.2) is 47.2 Å². The first-order chi connectivity index (χ1) is 14.1. The van der Waals surface area contributed by atoms with Gasteiger partial charge >= 0.3 is 0 Å². The summed E-state index contributed by atoms with van der Waals surface area (Å²) in [6.45, 7) is 9.75. The second kappa shape index (κ2) is 14.5. The molecule has 0 spiro atoms. The first kappa shape index (κ1) is 26.5. The third-order valence-electron chi connectivity index (χ3n) is 4.32. The first-order valence-corrected chi connectivity index (χ1v) is 11.4. The highest BCUT2D eigenvalue weighted by Gasteiger charge is 2.12. The molecule has 0 aliphatic heterocycles. The zero-order chi connectivity index (χ0) is 21.1. The topological polar surface area (TPSA) is 76.4 Å². The number of guanidine groups is 1. The zero-order valence-electron chi connectivity index (χ0n) is 18.6. The van der Waals surface area contributed by atoms with E-state index in [-0.39, 0.29) is 24.0 Å². The Morgan fingerprint density at radius 1 is 1.20 bits per heavy atom. The van der Waals surface area contributed by atoms with Gasteiger partial charge in [-0.3, -0.25) is 0 Å². The van der Waals surface area contributed by atoms with E-state index in [4.69, 9.17) is 4.74 Å². The summed E-state index contributed by atoms with van der Waals surface area (Å²) < 4.78 is 7.45. The van der Waals surface area contributed by atoms with Gasteiger partial charge in [-0.2, -0.15) is 0 Å². The Morgan fingerprint density at radius 3 is 2.53 bits per heavy atom. The number of benzene rings is 1. The fourth-order valence-electron chi connectivity index (χ4n) is 2.90. The van der Waals surface area contributed by atoms with Crippen LogP contribution in [0.4, 0.5) is 0 Å². The molecule has 2 rings (SSSR count). The lowest BCUT2D eigenvalue weighted by Crippen LogP contribution is -2.37. The van der Waals surface area contributed by atoms with Gasteiger partial charge in [0.2, 0.25) is 0 Å². The van der Waals surface area contributed by atoms with Gasteiger partial charge in [-0.15, -0.1) is 34.2 Å². The van der Waals surface area contributed by atoms with E-state index in [1.54, 1.807) is 18.9 Å². The number of hydrogen-bond donors (Lipinski definition) is 2. The van der Waals surface area contributed by atoms with Gasteiger partial charge < -0.3 is 19.9 Å². The molecule has 1 aromatic heterocycles. The van der Waals surface area contributed by atoms with Crippen LogP contribution in [0, 0.1) is 5.92 Å². The molecule has 0 atom stereocenters. The van der Waals surface area contributed by atoms with E-state index in [9.17, 15) is 0 Å². The average molecular weight is 547 g/mol. The molecule has 0 radical (unpaired) electrons. The Kier molecular flexibility index (Phi) is 12.8. The lowest BCUT2D eigenvalue weighted by Gasteiger charge is -2.13. The van der Waals surface area contributed by atoms with Crippen molar-refractivity contribution < 1.29 is 4.74 Å². The average Bonchev–Trinajstić information content (AvgIpc) is 3.10. The van der Waals surface area contributed by atoms with Gasteiger partial charge in [0.1, 0.15) is 11.6 Å². The molecule has 0 amide bonds. The van der Waals surface area contributed by atoms with Crippen molar-refractivity contribution in [2.75, 3.05) is 26.5 Å². The predicted molar refractivity (Wildman–Crippen MR) is 136 cm³/mol. The summed E-state index contributed by atoms with van der Waals surface area (Å²) in [5, 5.41) is 16.4. The molecule has 0 saturated carbocycles. The number of thioether (sulfide) groups is 1. The standard InChI is InChI=1S/C21H34N6OS.HI/c1-6-22-20(24-14-17-9-11-18(28-4)12-10-17)23-13-7-8-19-25-26-21(29-5)27(19)15-16(2)3;/h9-12,16H,6-8,13-15H2,1-5H3,(H2,22,23,24);1H. The van der Waals surface area contributed by atoms with Gasteiger partial charge in [-0.05, 0) is 43.2 Å². The van der Waals surface area contributed by atoms with Gasteiger partial charge in [-0.25, -0.2) is 4.99 Å². The van der Waals surface area contributed by atoms with Gasteiger partial charge in [0.05, 0.1) is 13.7 Å². The van der Waals surface area contributed by atoms with Gasteiger partial charge in [0.15, 0.2) is 11.1 Å². The van der Waals surface area contributed by atoms with Crippen molar-refractivity contribution >= 4 is 41.7 Å². The van der Waals surface area contributed by atoms with E-state index in [2.05, 4.69) is 51.2 Å². The zero-order valence-corrected chi connectivity index (χ0v) is 21.8. The largest absolute Gasteiger partial charge is 0.497 e. The van der Waals surface area contributed by atoms with Crippen molar-refractivity contribution in [2.45, 2.75) is 51.9 Å². The van der Waals surface area contributed by atoms with Crippen LogP contribution in [0.15, 0.2) is 34.4 Å². The second-order valence-corrected chi connectivity index (χ2v) is 7.95. The number of nitrogens with one attached hydrogen (secondary N) is 2. The molecular weight excluding hydrogens is 511 g/mol. The van der Waals surface area contributed by atoms with Crippen LogP contribution >= 0.6 is 35.7 Å². The van der Waals surface area contributed by atoms with Gasteiger partial charge in [0.25, 0.3) is 0 Å². The highest BCUT2D eigenvalue weighted by Crippen LogP contribution is 2.16. The highest BCUT2D eigenvalue weighted by molar-refractivity contribution is 14.0. The molecule has 0 saturated heterocycles. The molecule has 1 heterocycles. The molecule has 0 unspecified atom stereocenters. The molecular formula is C21H35IN6OS. The number of rotatable bonds is 11. The fourth-order valence-corrected chi connectivity index (χ4v) is 3.42. The minimum atomic E-state index is 0. The van der Waals surface area contributed by atoms with Gasteiger partial charge in [-0.1, -0.05) is 37.7 Å². The number of halogens is 1. The molecule has 0 aliphatic rings. The number of methoxy groups -OCH3 is 1. The smallest absolute Gasteiger partial charge is 0.191 e. The Hall–Kier alpha value is -1.49. The quantitative estimate of drug-likeness (QED) is 0.146. The summed E-state index contributed by atoms with van der Waals surface area (Å²) in [4.78, 5) is 4.68. The maximum atomic E-state index is 5.20. The maximum Gasteiger partial charge on any atom is 0.191 e. The number of aryl methyl sites for hydroxylation is 1. The Balaban J connectivity index is 0.00000450. The lowest BCUT2D eigenvalue weighted by molar-refractivity contribution is 0.414. The molecule has 7 nitrogen and oxygen atoms in total. The predicted octanol–water partition coefficient (Wildman–Crippen LogP) is 3.97. The highest BCUT2D eigenvalue weighted by atomic mass is 127. The van der Waals surface area contributed by atoms with Gasteiger partial charge in [0, 0.05) is 26.1 Å². The summed E-state index contributed by atoms with van der Waals surface area (Å²) in [5.74, 6) is 3.32. The third kappa shape index (κ3) is 8.71.